The monoisotopic (exact) mass is 301 g/mol. The summed E-state index contributed by atoms with van der Waals surface area (Å²) < 4.78 is 25.7. The Morgan fingerprint density at radius 2 is 1.95 bits per heavy atom. The van der Waals surface area contributed by atoms with Crippen molar-refractivity contribution >= 4 is 11.9 Å². The molecule has 0 bridgehead atoms. The first-order valence-corrected chi connectivity index (χ1v) is 6.45. The molecule has 2 atom stereocenters. The van der Waals surface area contributed by atoms with Crippen LogP contribution < -0.4 is 5.32 Å². The van der Waals surface area contributed by atoms with Gasteiger partial charge in [0, 0.05) is 6.42 Å². The number of hydrogen-bond donors (Lipinski definition) is 3. The molecule has 0 heterocycles. The zero-order chi connectivity index (χ0) is 16.0. The number of hydrogen-bond acceptors (Lipinski definition) is 3. The summed E-state index contributed by atoms with van der Waals surface area (Å²) in [5.74, 6) is -3.72. The highest BCUT2D eigenvalue weighted by Crippen LogP contribution is 2.11. The van der Waals surface area contributed by atoms with Crippen molar-refractivity contribution in [2.75, 3.05) is 0 Å². The molecular weight excluding hydrogens is 284 g/mol. The number of aliphatic carboxylic acids is 1. The molecule has 1 aromatic carbocycles. The number of rotatable bonds is 7. The van der Waals surface area contributed by atoms with Crippen LogP contribution in [0.5, 0.6) is 0 Å². The first kappa shape index (κ1) is 17.0. The average Bonchev–Trinajstić information content (AvgIpc) is 2.39. The lowest BCUT2D eigenvalue weighted by Gasteiger charge is -2.16. The molecule has 0 aliphatic heterocycles. The molecule has 1 amide bonds. The molecule has 0 aliphatic carbocycles. The Balaban J connectivity index is 2.42. The second-order valence-electron chi connectivity index (χ2n) is 4.73. The van der Waals surface area contributed by atoms with E-state index in [9.17, 15) is 23.5 Å². The van der Waals surface area contributed by atoms with E-state index >= 15 is 0 Å². The molecule has 21 heavy (non-hydrogen) atoms. The summed E-state index contributed by atoms with van der Waals surface area (Å²) in [6.45, 7) is 1.26. The van der Waals surface area contributed by atoms with Gasteiger partial charge in [0.2, 0.25) is 5.91 Å². The summed E-state index contributed by atoms with van der Waals surface area (Å²) in [6, 6.07) is 2.13. The minimum absolute atomic E-state index is 0.0233. The number of carbonyl (C=O) groups is 2. The topological polar surface area (TPSA) is 86.6 Å². The van der Waals surface area contributed by atoms with Gasteiger partial charge < -0.3 is 15.5 Å². The molecule has 1 aromatic rings. The Bertz CT molecular complexity index is 520. The van der Waals surface area contributed by atoms with Gasteiger partial charge in [0.25, 0.3) is 0 Å². The summed E-state index contributed by atoms with van der Waals surface area (Å²) in [7, 11) is 0. The maximum Gasteiger partial charge on any atom is 0.328 e. The molecule has 2 unspecified atom stereocenters. The van der Waals surface area contributed by atoms with Gasteiger partial charge in [-0.25, -0.2) is 13.6 Å². The van der Waals surface area contributed by atoms with Gasteiger partial charge in [0.15, 0.2) is 17.7 Å². The summed E-state index contributed by atoms with van der Waals surface area (Å²) in [5.41, 5.74) is 0.548. The SMILES string of the molecule is CC(O)C(NC(=O)CCCc1ccc(F)c(F)c1)C(=O)O. The fourth-order valence-corrected chi connectivity index (χ4v) is 1.78. The number of aryl methyl sites for hydroxylation is 1. The minimum atomic E-state index is -1.36. The van der Waals surface area contributed by atoms with Crippen LogP contribution >= 0.6 is 0 Å². The molecule has 116 valence electrons. The van der Waals surface area contributed by atoms with Crippen molar-refractivity contribution in [1.29, 1.82) is 0 Å². The van der Waals surface area contributed by atoms with Crippen molar-refractivity contribution in [3.05, 3.63) is 35.4 Å². The molecule has 5 nitrogen and oxygen atoms in total. The van der Waals surface area contributed by atoms with Gasteiger partial charge in [-0.2, -0.15) is 0 Å². The summed E-state index contributed by atoms with van der Waals surface area (Å²) in [5, 5.41) is 20.2. The second kappa shape index (κ2) is 7.68. The molecule has 0 aromatic heterocycles. The lowest BCUT2D eigenvalue weighted by atomic mass is 10.1. The Kier molecular flexibility index (Phi) is 6.23. The van der Waals surface area contributed by atoms with Gasteiger partial charge in [-0.1, -0.05) is 6.07 Å². The van der Waals surface area contributed by atoms with Crippen LogP contribution in [0.1, 0.15) is 25.3 Å². The second-order valence-corrected chi connectivity index (χ2v) is 4.73. The van der Waals surface area contributed by atoms with Crippen molar-refractivity contribution in [3.63, 3.8) is 0 Å². The van der Waals surface area contributed by atoms with E-state index in [0.717, 1.165) is 12.1 Å². The van der Waals surface area contributed by atoms with Gasteiger partial charge in [0.1, 0.15) is 0 Å². The Hall–Kier alpha value is -2.02. The van der Waals surface area contributed by atoms with Crippen LogP contribution in [0.25, 0.3) is 0 Å². The standard InChI is InChI=1S/C14H17F2NO4/c1-8(18)13(14(20)21)17-12(19)4-2-3-9-5-6-10(15)11(16)7-9/h5-8,13,18H,2-4H2,1H3,(H,17,19)(H,20,21). The maximum atomic E-state index is 13.0. The van der Waals surface area contributed by atoms with Crippen LogP contribution in [0.3, 0.4) is 0 Å². The normalized spacial score (nSPS) is 13.5. The van der Waals surface area contributed by atoms with Crippen molar-refractivity contribution in [2.24, 2.45) is 0 Å². The van der Waals surface area contributed by atoms with Gasteiger partial charge in [-0.3, -0.25) is 4.79 Å². The van der Waals surface area contributed by atoms with E-state index in [1.807, 2.05) is 0 Å². The molecule has 0 spiro atoms. The van der Waals surface area contributed by atoms with Crippen molar-refractivity contribution in [1.82, 2.24) is 5.32 Å². The number of benzene rings is 1. The molecule has 7 heteroatoms. The number of nitrogens with one attached hydrogen (secondary N) is 1. The highest BCUT2D eigenvalue weighted by Gasteiger charge is 2.24. The zero-order valence-electron chi connectivity index (χ0n) is 11.5. The highest BCUT2D eigenvalue weighted by atomic mass is 19.2. The van der Waals surface area contributed by atoms with Gasteiger partial charge in [-0.15, -0.1) is 0 Å². The molecule has 3 N–H and O–H groups in total. The maximum absolute atomic E-state index is 13.0. The van der Waals surface area contributed by atoms with Crippen molar-refractivity contribution in [3.8, 4) is 0 Å². The Labute approximate surface area is 120 Å². The fourth-order valence-electron chi connectivity index (χ4n) is 1.78. The van der Waals surface area contributed by atoms with E-state index < -0.39 is 35.7 Å². The largest absolute Gasteiger partial charge is 0.480 e. The highest BCUT2D eigenvalue weighted by molar-refractivity contribution is 5.83. The third-order valence-corrected chi connectivity index (χ3v) is 2.92. The predicted octanol–water partition coefficient (Wildman–Crippen LogP) is 1.24. The third-order valence-electron chi connectivity index (χ3n) is 2.92. The van der Waals surface area contributed by atoms with Gasteiger partial charge in [-0.05, 0) is 37.5 Å². The number of carboxylic acids is 1. The quantitative estimate of drug-likeness (QED) is 0.707. The van der Waals surface area contributed by atoms with Crippen molar-refractivity contribution < 1.29 is 28.6 Å². The summed E-state index contributed by atoms with van der Waals surface area (Å²) >= 11 is 0. The summed E-state index contributed by atoms with van der Waals surface area (Å²) in [6.07, 6.45) is -0.479. The van der Waals surface area contributed by atoms with Crippen LogP contribution in [-0.4, -0.2) is 34.2 Å². The molecule has 0 fully saturated rings. The van der Waals surface area contributed by atoms with E-state index in [0.29, 0.717) is 18.4 Å². The van der Waals surface area contributed by atoms with E-state index in [1.54, 1.807) is 0 Å². The van der Waals surface area contributed by atoms with Gasteiger partial charge in [0.05, 0.1) is 6.10 Å². The number of carboxylic acid groups (broad SMARTS) is 1. The fraction of sp³-hybridized carbons (Fsp3) is 0.429. The van der Waals surface area contributed by atoms with E-state index in [1.165, 1.54) is 13.0 Å². The van der Waals surface area contributed by atoms with Crippen LogP contribution in [0.4, 0.5) is 8.78 Å². The minimum Gasteiger partial charge on any atom is -0.480 e. The van der Waals surface area contributed by atoms with E-state index in [2.05, 4.69) is 5.32 Å². The molecule has 0 radical (unpaired) electrons. The smallest absolute Gasteiger partial charge is 0.328 e. The molecule has 0 aliphatic rings. The first-order chi connectivity index (χ1) is 9.81. The molecule has 1 rings (SSSR count). The van der Waals surface area contributed by atoms with E-state index in [4.69, 9.17) is 5.11 Å². The van der Waals surface area contributed by atoms with Crippen molar-refractivity contribution in [2.45, 2.75) is 38.3 Å². The molecule has 0 saturated carbocycles. The summed E-state index contributed by atoms with van der Waals surface area (Å²) in [4.78, 5) is 22.3. The predicted molar refractivity (Wildman–Crippen MR) is 70.5 cm³/mol. The first-order valence-electron chi connectivity index (χ1n) is 6.45. The van der Waals surface area contributed by atoms with Crippen LogP contribution in [0.15, 0.2) is 18.2 Å². The lowest BCUT2D eigenvalue weighted by molar-refractivity contribution is -0.144. The zero-order valence-corrected chi connectivity index (χ0v) is 11.5. The number of halogens is 2. The Morgan fingerprint density at radius 3 is 2.48 bits per heavy atom. The molecular formula is C14H17F2NO4. The molecule has 0 saturated heterocycles. The lowest BCUT2D eigenvalue weighted by Crippen LogP contribution is -2.47. The van der Waals surface area contributed by atoms with Crippen LogP contribution in [0.2, 0.25) is 0 Å². The number of aliphatic hydroxyl groups is 1. The average molecular weight is 301 g/mol. The number of aliphatic hydroxyl groups excluding tert-OH is 1. The van der Waals surface area contributed by atoms with E-state index in [-0.39, 0.29) is 6.42 Å². The Morgan fingerprint density at radius 1 is 1.29 bits per heavy atom. The van der Waals surface area contributed by atoms with Crippen LogP contribution in [0, 0.1) is 11.6 Å². The number of amides is 1. The third kappa shape index (κ3) is 5.47. The van der Waals surface area contributed by atoms with Crippen LogP contribution in [-0.2, 0) is 16.0 Å². The number of carbonyl (C=O) groups excluding carboxylic acids is 1. The van der Waals surface area contributed by atoms with Gasteiger partial charge >= 0.3 is 5.97 Å².